The Morgan fingerprint density at radius 2 is 1.67 bits per heavy atom. The van der Waals surface area contributed by atoms with Crippen LogP contribution in [0.25, 0.3) is 0 Å². The number of amides is 3. The number of urea groups is 1. The van der Waals surface area contributed by atoms with Gasteiger partial charge in [0.15, 0.2) is 0 Å². The predicted octanol–water partition coefficient (Wildman–Crippen LogP) is 4.28. The van der Waals surface area contributed by atoms with Crippen LogP contribution in [0.1, 0.15) is 23.6 Å². The zero-order valence-electron chi connectivity index (χ0n) is 20.7. The predicted molar refractivity (Wildman–Crippen MR) is 143 cm³/mol. The number of nitrogens with two attached hydrogens (primary N) is 1. The van der Waals surface area contributed by atoms with Crippen molar-refractivity contribution in [2.75, 3.05) is 43.4 Å². The average molecular weight is 488 g/mol. The molecule has 0 aliphatic carbocycles. The summed E-state index contributed by atoms with van der Waals surface area (Å²) in [4.78, 5) is 29.4. The number of carbonyl (C=O) groups excluding carboxylic acids is 2. The van der Waals surface area contributed by atoms with Crippen LogP contribution in [0.15, 0.2) is 72.8 Å². The molecule has 1 aliphatic rings. The Hall–Kier alpha value is -4.04. The molecular weight excluding hydrogens is 454 g/mol. The van der Waals surface area contributed by atoms with Gasteiger partial charge in [0.25, 0.3) is 0 Å². The topological polar surface area (TPSA) is 99.9 Å². The highest BCUT2D eigenvalue weighted by Gasteiger charge is 2.20. The smallest absolute Gasteiger partial charge is 0.312 e. The Labute approximate surface area is 212 Å². The summed E-state index contributed by atoms with van der Waals surface area (Å²) in [6.07, 6.45) is 0.0252. The largest absolute Gasteiger partial charge is 0.457 e. The molecule has 0 aromatic heterocycles. The van der Waals surface area contributed by atoms with Crippen LogP contribution in [0.4, 0.5) is 16.2 Å². The van der Waals surface area contributed by atoms with Crippen LogP contribution in [0.3, 0.4) is 0 Å². The van der Waals surface area contributed by atoms with Crippen LogP contribution in [0.2, 0.25) is 0 Å². The fraction of sp³-hybridized carbons (Fsp3) is 0.286. The van der Waals surface area contributed by atoms with Gasteiger partial charge in [-0.2, -0.15) is 0 Å². The lowest BCUT2D eigenvalue weighted by Crippen LogP contribution is -2.44. The van der Waals surface area contributed by atoms with Gasteiger partial charge in [-0.05, 0) is 67.6 Å². The van der Waals surface area contributed by atoms with Gasteiger partial charge in [0.05, 0.1) is 12.5 Å². The van der Waals surface area contributed by atoms with E-state index in [4.69, 9.17) is 10.5 Å². The number of hydrogen-bond acceptors (Lipinski definition) is 5. The number of para-hydroxylation sites is 1. The number of carbonyl (C=O) groups is 2. The van der Waals surface area contributed by atoms with E-state index >= 15 is 0 Å². The van der Waals surface area contributed by atoms with Crippen LogP contribution in [0.5, 0.6) is 11.5 Å². The van der Waals surface area contributed by atoms with Gasteiger partial charge < -0.3 is 30.9 Å². The summed E-state index contributed by atoms with van der Waals surface area (Å²) in [6, 6.07) is 21.5. The molecule has 1 saturated heterocycles. The fourth-order valence-electron chi connectivity index (χ4n) is 4.28. The standard InChI is InChI=1S/C28H33N5O3/c1-20-17-22(33-15-13-32(2)14-16-33)11-12-25(20)30-27(34)19-26(31-28(29)35)21-7-6-10-24(18-21)36-23-8-4-3-5-9-23/h3-12,17-18,26H,13-16,19H2,1-2H3,(H,30,34)(H3,29,31,35)/t26-/m0/s1. The van der Waals surface area contributed by atoms with E-state index < -0.39 is 12.1 Å². The highest BCUT2D eigenvalue weighted by Crippen LogP contribution is 2.27. The Balaban J connectivity index is 1.43. The molecule has 1 fully saturated rings. The lowest BCUT2D eigenvalue weighted by molar-refractivity contribution is -0.116. The van der Waals surface area contributed by atoms with Crippen molar-refractivity contribution >= 4 is 23.3 Å². The molecule has 188 valence electrons. The maximum Gasteiger partial charge on any atom is 0.312 e. The molecule has 0 radical (unpaired) electrons. The van der Waals surface area contributed by atoms with Crippen LogP contribution >= 0.6 is 0 Å². The first kappa shape index (κ1) is 25.1. The Kier molecular flexibility index (Phi) is 8.07. The van der Waals surface area contributed by atoms with Gasteiger partial charge in [0, 0.05) is 37.6 Å². The second-order valence-electron chi connectivity index (χ2n) is 9.09. The second-order valence-corrected chi connectivity index (χ2v) is 9.09. The molecule has 0 unspecified atom stereocenters. The second kappa shape index (κ2) is 11.6. The Bertz CT molecular complexity index is 1190. The van der Waals surface area contributed by atoms with Crippen molar-refractivity contribution in [3.8, 4) is 11.5 Å². The van der Waals surface area contributed by atoms with Crippen LogP contribution in [-0.4, -0.2) is 50.1 Å². The highest BCUT2D eigenvalue weighted by atomic mass is 16.5. The molecule has 0 saturated carbocycles. The SMILES string of the molecule is Cc1cc(N2CCN(C)CC2)ccc1NC(=O)C[C@H](NC(N)=O)c1cccc(Oc2ccccc2)c1. The van der Waals surface area contributed by atoms with Gasteiger partial charge in [-0.25, -0.2) is 4.79 Å². The van der Waals surface area contributed by atoms with E-state index in [1.54, 1.807) is 6.07 Å². The minimum atomic E-state index is -0.699. The summed E-state index contributed by atoms with van der Waals surface area (Å²) in [5, 5.41) is 5.67. The molecule has 3 aromatic carbocycles. The molecular formula is C28H33N5O3. The van der Waals surface area contributed by atoms with E-state index in [9.17, 15) is 9.59 Å². The van der Waals surface area contributed by atoms with E-state index in [1.807, 2.05) is 67.6 Å². The minimum absolute atomic E-state index is 0.0252. The number of likely N-dealkylation sites (N-methyl/N-ethyl adjacent to an activating group) is 1. The molecule has 4 N–H and O–H groups in total. The zero-order valence-corrected chi connectivity index (χ0v) is 20.7. The summed E-state index contributed by atoms with van der Waals surface area (Å²) in [5.74, 6) is 1.08. The molecule has 0 bridgehead atoms. The Morgan fingerprint density at radius 3 is 2.36 bits per heavy atom. The lowest BCUT2D eigenvalue weighted by Gasteiger charge is -2.34. The minimum Gasteiger partial charge on any atom is -0.457 e. The summed E-state index contributed by atoms with van der Waals surface area (Å²) in [5.41, 5.74) is 9.03. The summed E-state index contributed by atoms with van der Waals surface area (Å²) in [7, 11) is 2.13. The number of ether oxygens (including phenoxy) is 1. The quantitative estimate of drug-likeness (QED) is 0.441. The maximum atomic E-state index is 13.0. The monoisotopic (exact) mass is 487 g/mol. The lowest BCUT2D eigenvalue weighted by atomic mass is 10.0. The number of aryl methyl sites for hydroxylation is 1. The first-order chi connectivity index (χ1) is 17.4. The molecule has 3 aromatic rings. The van der Waals surface area contributed by atoms with Crippen molar-refractivity contribution in [1.82, 2.24) is 10.2 Å². The van der Waals surface area contributed by atoms with Crippen LogP contribution in [0, 0.1) is 6.92 Å². The van der Waals surface area contributed by atoms with Crippen LogP contribution in [-0.2, 0) is 4.79 Å². The summed E-state index contributed by atoms with van der Waals surface area (Å²) < 4.78 is 5.91. The molecule has 1 heterocycles. The number of primary amides is 1. The molecule has 0 spiro atoms. The molecule has 4 rings (SSSR count). The van der Waals surface area contributed by atoms with Crippen molar-refractivity contribution in [2.24, 2.45) is 5.73 Å². The number of nitrogens with one attached hydrogen (secondary N) is 2. The number of hydrogen-bond donors (Lipinski definition) is 3. The third-order valence-corrected chi connectivity index (χ3v) is 6.30. The van der Waals surface area contributed by atoms with E-state index in [-0.39, 0.29) is 12.3 Å². The van der Waals surface area contributed by atoms with Crippen LogP contribution < -0.4 is 26.0 Å². The number of nitrogens with zero attached hydrogens (tertiary/aromatic N) is 2. The summed E-state index contributed by atoms with van der Waals surface area (Å²) in [6.45, 7) is 6.01. The van der Waals surface area contributed by atoms with Gasteiger partial charge in [-0.15, -0.1) is 0 Å². The van der Waals surface area contributed by atoms with E-state index in [1.165, 1.54) is 0 Å². The molecule has 1 atom stereocenters. The van der Waals surface area contributed by atoms with Gasteiger partial charge in [0.2, 0.25) is 5.91 Å². The number of benzene rings is 3. The van der Waals surface area contributed by atoms with Crippen molar-refractivity contribution in [2.45, 2.75) is 19.4 Å². The first-order valence-electron chi connectivity index (χ1n) is 12.1. The van der Waals surface area contributed by atoms with Crippen molar-refractivity contribution < 1.29 is 14.3 Å². The van der Waals surface area contributed by atoms with E-state index in [0.717, 1.165) is 48.7 Å². The number of rotatable bonds is 8. The van der Waals surface area contributed by atoms with Gasteiger partial charge in [-0.3, -0.25) is 4.79 Å². The highest BCUT2D eigenvalue weighted by molar-refractivity contribution is 5.92. The average Bonchev–Trinajstić information content (AvgIpc) is 2.86. The van der Waals surface area contributed by atoms with Gasteiger partial charge >= 0.3 is 6.03 Å². The van der Waals surface area contributed by atoms with Gasteiger partial charge in [0.1, 0.15) is 11.5 Å². The van der Waals surface area contributed by atoms with Crippen molar-refractivity contribution in [1.29, 1.82) is 0 Å². The normalized spacial score (nSPS) is 14.7. The van der Waals surface area contributed by atoms with Gasteiger partial charge in [-0.1, -0.05) is 30.3 Å². The Morgan fingerprint density at radius 1 is 0.944 bits per heavy atom. The number of piperazine rings is 1. The zero-order chi connectivity index (χ0) is 25.5. The van der Waals surface area contributed by atoms with E-state index in [0.29, 0.717) is 11.5 Å². The molecule has 36 heavy (non-hydrogen) atoms. The van der Waals surface area contributed by atoms with Crippen molar-refractivity contribution in [3.63, 3.8) is 0 Å². The molecule has 8 nitrogen and oxygen atoms in total. The molecule has 1 aliphatic heterocycles. The fourth-order valence-corrected chi connectivity index (χ4v) is 4.28. The first-order valence-corrected chi connectivity index (χ1v) is 12.1. The number of anilines is 2. The van der Waals surface area contributed by atoms with E-state index in [2.05, 4.69) is 33.5 Å². The third-order valence-electron chi connectivity index (χ3n) is 6.30. The van der Waals surface area contributed by atoms with Crippen molar-refractivity contribution in [3.05, 3.63) is 83.9 Å². The molecule has 3 amide bonds. The third kappa shape index (κ3) is 6.76. The molecule has 8 heteroatoms. The maximum absolute atomic E-state index is 13.0. The summed E-state index contributed by atoms with van der Waals surface area (Å²) >= 11 is 0.